The summed E-state index contributed by atoms with van der Waals surface area (Å²) in [4.78, 5) is 28.3. The molecule has 0 saturated carbocycles. The summed E-state index contributed by atoms with van der Waals surface area (Å²) in [5.74, 6) is -3.95. The predicted octanol–water partition coefficient (Wildman–Crippen LogP) is 2.21. The number of nitrogens with two attached hydrogens (primary N) is 2. The number of nitrogens with zero attached hydrogens (tertiary/aromatic N) is 3. The van der Waals surface area contributed by atoms with Gasteiger partial charge in [-0.2, -0.15) is 18.2 Å². The first kappa shape index (κ1) is 21.3. The van der Waals surface area contributed by atoms with Gasteiger partial charge in [-0.25, -0.2) is 9.18 Å². The number of guanidine groups is 1. The molecular weight excluding hydrogens is 398 g/mol. The largest absolute Gasteiger partial charge is 0.490 e. The maximum absolute atomic E-state index is 13.5. The smallest absolute Gasteiger partial charge is 0.475 e. The molecule has 0 bridgehead atoms. The van der Waals surface area contributed by atoms with E-state index in [1.54, 1.807) is 41.4 Å². The number of carbonyl (C=O) groups excluding carboxylic acids is 1. The third-order valence-corrected chi connectivity index (χ3v) is 3.37. The Kier molecular flexibility index (Phi) is 6.16. The molecule has 3 rings (SSSR count). The second-order valence-electron chi connectivity index (χ2n) is 5.44. The van der Waals surface area contributed by atoms with Gasteiger partial charge in [0.15, 0.2) is 5.96 Å². The Hall–Kier alpha value is -3.96. The van der Waals surface area contributed by atoms with Crippen LogP contribution in [0.1, 0.15) is 10.4 Å². The SMILES string of the molecule is NC(N)=NC(=O)c1ccn(-c2ccnc3ccc(F)cc23)c1.O=C(O)C(F)(F)F. The van der Waals surface area contributed by atoms with Crippen LogP contribution in [-0.4, -0.2) is 38.7 Å². The van der Waals surface area contributed by atoms with Crippen molar-refractivity contribution in [2.75, 3.05) is 0 Å². The van der Waals surface area contributed by atoms with Crippen molar-refractivity contribution in [2.45, 2.75) is 6.18 Å². The Labute approximate surface area is 160 Å². The van der Waals surface area contributed by atoms with E-state index in [1.165, 1.54) is 12.1 Å². The molecule has 29 heavy (non-hydrogen) atoms. The first-order chi connectivity index (χ1) is 13.5. The van der Waals surface area contributed by atoms with Crippen molar-refractivity contribution in [2.24, 2.45) is 16.5 Å². The Balaban J connectivity index is 0.000000370. The minimum atomic E-state index is -5.08. The summed E-state index contributed by atoms with van der Waals surface area (Å²) in [5, 5.41) is 7.76. The number of hydrogen-bond donors (Lipinski definition) is 3. The fourth-order valence-electron chi connectivity index (χ4n) is 2.18. The van der Waals surface area contributed by atoms with Crippen LogP contribution in [0.4, 0.5) is 17.6 Å². The zero-order valence-electron chi connectivity index (χ0n) is 14.4. The van der Waals surface area contributed by atoms with Crippen molar-refractivity contribution in [1.82, 2.24) is 9.55 Å². The van der Waals surface area contributed by atoms with Crippen LogP contribution in [0.2, 0.25) is 0 Å². The molecule has 8 nitrogen and oxygen atoms in total. The number of aliphatic carboxylic acids is 1. The summed E-state index contributed by atoms with van der Waals surface area (Å²) in [7, 11) is 0. The van der Waals surface area contributed by atoms with Crippen LogP contribution >= 0.6 is 0 Å². The van der Waals surface area contributed by atoms with Crippen LogP contribution in [0, 0.1) is 5.82 Å². The van der Waals surface area contributed by atoms with Crippen LogP contribution in [0.3, 0.4) is 0 Å². The first-order valence-corrected chi connectivity index (χ1v) is 7.65. The Bertz CT molecular complexity index is 1090. The molecule has 0 fully saturated rings. The van der Waals surface area contributed by atoms with E-state index in [9.17, 15) is 22.4 Å². The third kappa shape index (κ3) is 5.51. The van der Waals surface area contributed by atoms with E-state index in [4.69, 9.17) is 21.4 Å². The van der Waals surface area contributed by atoms with Gasteiger partial charge in [-0.15, -0.1) is 0 Å². The highest BCUT2D eigenvalue weighted by atomic mass is 19.4. The molecule has 12 heteroatoms. The molecule has 0 aliphatic heterocycles. The molecule has 0 aliphatic carbocycles. The number of carboxylic acids is 1. The highest BCUT2D eigenvalue weighted by molar-refractivity contribution is 6.02. The number of aliphatic imine (C=N–C) groups is 1. The van der Waals surface area contributed by atoms with Gasteiger partial charge in [-0.1, -0.05) is 0 Å². The van der Waals surface area contributed by atoms with Crippen molar-refractivity contribution < 1.29 is 32.3 Å². The predicted molar refractivity (Wildman–Crippen MR) is 94.9 cm³/mol. The summed E-state index contributed by atoms with van der Waals surface area (Å²) in [6.45, 7) is 0. The Morgan fingerprint density at radius 3 is 2.38 bits per heavy atom. The van der Waals surface area contributed by atoms with Gasteiger partial charge < -0.3 is 21.1 Å². The van der Waals surface area contributed by atoms with Crippen LogP contribution in [0.5, 0.6) is 0 Å². The molecule has 0 atom stereocenters. The lowest BCUT2D eigenvalue weighted by Crippen LogP contribution is -2.24. The first-order valence-electron chi connectivity index (χ1n) is 7.65. The number of pyridine rings is 1. The number of fused-ring (bicyclic) bond motifs is 1. The van der Waals surface area contributed by atoms with Crippen LogP contribution in [0.15, 0.2) is 53.9 Å². The highest BCUT2D eigenvalue weighted by Crippen LogP contribution is 2.22. The van der Waals surface area contributed by atoms with E-state index in [1.807, 2.05) is 0 Å². The molecule has 0 radical (unpaired) electrons. The van der Waals surface area contributed by atoms with Crippen molar-refractivity contribution in [3.63, 3.8) is 0 Å². The van der Waals surface area contributed by atoms with Crippen LogP contribution in [-0.2, 0) is 4.79 Å². The van der Waals surface area contributed by atoms with Crippen molar-refractivity contribution >= 4 is 28.7 Å². The summed E-state index contributed by atoms with van der Waals surface area (Å²) >= 11 is 0. The monoisotopic (exact) mass is 411 g/mol. The minimum absolute atomic E-state index is 0.297. The summed E-state index contributed by atoms with van der Waals surface area (Å²) in [6, 6.07) is 7.66. The van der Waals surface area contributed by atoms with Gasteiger partial charge in [0.05, 0.1) is 16.8 Å². The fourth-order valence-corrected chi connectivity index (χ4v) is 2.18. The average Bonchev–Trinajstić information content (AvgIpc) is 3.10. The molecule has 1 amide bonds. The standard InChI is InChI=1S/C15H12FN5O.C2HF3O2/c16-10-1-2-12-11(7-10)13(3-5-19-12)21-6-4-9(8-21)14(22)20-15(17)18;3-2(4,5)1(6)7/h1-8H,(H4,17,18,20,22);(H,6,7). The van der Waals surface area contributed by atoms with E-state index in [0.29, 0.717) is 22.2 Å². The molecule has 1 aromatic carbocycles. The lowest BCUT2D eigenvalue weighted by atomic mass is 10.2. The number of alkyl halides is 3. The number of aromatic nitrogens is 2. The topological polar surface area (TPSA) is 137 Å². The van der Waals surface area contributed by atoms with E-state index >= 15 is 0 Å². The Morgan fingerprint density at radius 2 is 1.79 bits per heavy atom. The molecule has 2 heterocycles. The summed E-state index contributed by atoms with van der Waals surface area (Å²) in [5.41, 5.74) is 12.1. The van der Waals surface area contributed by atoms with E-state index in [0.717, 1.165) is 0 Å². The molecular formula is C17H13F4N5O3. The van der Waals surface area contributed by atoms with E-state index in [2.05, 4.69) is 9.98 Å². The number of halogens is 4. The number of rotatable bonds is 2. The maximum Gasteiger partial charge on any atom is 0.490 e. The third-order valence-electron chi connectivity index (χ3n) is 3.37. The van der Waals surface area contributed by atoms with Gasteiger partial charge >= 0.3 is 12.1 Å². The second-order valence-corrected chi connectivity index (χ2v) is 5.44. The van der Waals surface area contributed by atoms with Crippen molar-refractivity contribution in [1.29, 1.82) is 0 Å². The van der Waals surface area contributed by atoms with Gasteiger partial charge in [0.1, 0.15) is 5.82 Å². The maximum atomic E-state index is 13.5. The highest BCUT2D eigenvalue weighted by Gasteiger charge is 2.38. The van der Waals surface area contributed by atoms with Gasteiger partial charge in [0, 0.05) is 24.0 Å². The lowest BCUT2D eigenvalue weighted by molar-refractivity contribution is -0.192. The van der Waals surface area contributed by atoms with Crippen molar-refractivity contribution in [3.8, 4) is 5.69 Å². The number of carbonyl (C=O) groups is 2. The molecule has 0 aliphatic rings. The molecule has 5 N–H and O–H groups in total. The summed E-state index contributed by atoms with van der Waals surface area (Å²) in [6.07, 6.45) is -0.212. The minimum Gasteiger partial charge on any atom is -0.475 e. The zero-order chi connectivity index (χ0) is 21.8. The van der Waals surface area contributed by atoms with Gasteiger partial charge in [0.2, 0.25) is 0 Å². The molecule has 2 aromatic heterocycles. The molecule has 0 saturated heterocycles. The van der Waals surface area contributed by atoms with Crippen molar-refractivity contribution in [3.05, 3.63) is 60.3 Å². The zero-order valence-corrected chi connectivity index (χ0v) is 14.4. The average molecular weight is 411 g/mol. The molecule has 0 spiro atoms. The van der Waals surface area contributed by atoms with E-state index in [-0.39, 0.29) is 11.8 Å². The molecule has 0 unspecified atom stereocenters. The fraction of sp³-hybridized carbons (Fsp3) is 0.0588. The van der Waals surface area contributed by atoms with Crippen LogP contribution < -0.4 is 11.5 Å². The number of carboxylic acid groups (broad SMARTS) is 1. The second kappa shape index (κ2) is 8.37. The Morgan fingerprint density at radius 1 is 1.14 bits per heavy atom. The van der Waals surface area contributed by atoms with E-state index < -0.39 is 18.1 Å². The molecule has 152 valence electrons. The normalized spacial score (nSPS) is 10.8. The van der Waals surface area contributed by atoms with Gasteiger partial charge in [-0.3, -0.25) is 9.78 Å². The quantitative estimate of drug-likeness (QED) is 0.336. The van der Waals surface area contributed by atoms with Gasteiger partial charge in [0.25, 0.3) is 5.91 Å². The lowest BCUT2D eigenvalue weighted by Gasteiger charge is -2.07. The number of amides is 1. The number of benzene rings is 1. The summed E-state index contributed by atoms with van der Waals surface area (Å²) < 4.78 is 46.9. The van der Waals surface area contributed by atoms with Gasteiger partial charge in [-0.05, 0) is 30.3 Å². The number of hydrogen-bond acceptors (Lipinski definition) is 3. The molecule has 3 aromatic rings. The van der Waals surface area contributed by atoms with Crippen LogP contribution in [0.25, 0.3) is 16.6 Å².